The Morgan fingerprint density at radius 3 is 2.96 bits per heavy atom. The van der Waals surface area contributed by atoms with Gasteiger partial charge in [0.05, 0.1) is 12.5 Å². The number of likely N-dealkylation sites (tertiary alicyclic amines) is 1. The first-order chi connectivity index (χ1) is 12.7. The summed E-state index contributed by atoms with van der Waals surface area (Å²) in [6.45, 7) is 1.45. The molecule has 0 spiro atoms. The number of hydrogen-bond acceptors (Lipinski definition) is 5. The first kappa shape index (κ1) is 17.1. The predicted molar refractivity (Wildman–Crippen MR) is 90.8 cm³/mol. The monoisotopic (exact) mass is 359 g/mol. The first-order valence-electron chi connectivity index (χ1n) is 9.14. The Labute approximate surface area is 151 Å². The van der Waals surface area contributed by atoms with Crippen LogP contribution in [0.4, 0.5) is 4.39 Å². The normalized spacial score (nSPS) is 20.3. The van der Waals surface area contributed by atoms with Crippen molar-refractivity contribution in [3.8, 4) is 0 Å². The second kappa shape index (κ2) is 7.53. The molecule has 0 N–H and O–H groups in total. The van der Waals surface area contributed by atoms with Gasteiger partial charge < -0.3 is 14.2 Å². The molecule has 1 amide bonds. The van der Waals surface area contributed by atoms with Crippen molar-refractivity contribution in [2.75, 3.05) is 13.1 Å². The molecular formula is C19H22FN3O3. The summed E-state index contributed by atoms with van der Waals surface area (Å²) in [6.07, 6.45) is 4.01. The van der Waals surface area contributed by atoms with Crippen LogP contribution >= 0.6 is 0 Å². The number of ether oxygens (including phenoxy) is 1. The number of amides is 1. The third-order valence-corrected chi connectivity index (χ3v) is 4.90. The second-order valence-electron chi connectivity index (χ2n) is 7.00. The molecule has 2 fully saturated rings. The minimum Gasteiger partial charge on any atom is -0.367 e. The van der Waals surface area contributed by atoms with Crippen LogP contribution in [0.3, 0.4) is 0 Å². The SMILES string of the molecule is O=C(Cc1ccccc1F)N1CCC[C@H](OCc2nc(C3CC3)no2)C1. The molecule has 0 radical (unpaired) electrons. The van der Waals surface area contributed by atoms with E-state index in [4.69, 9.17) is 9.26 Å². The predicted octanol–water partition coefficient (Wildman–Crippen LogP) is 2.84. The minimum absolute atomic E-state index is 0.0652. The summed E-state index contributed by atoms with van der Waals surface area (Å²) in [4.78, 5) is 18.6. The van der Waals surface area contributed by atoms with Crippen molar-refractivity contribution in [2.24, 2.45) is 0 Å². The Balaban J connectivity index is 1.29. The molecule has 138 valence electrons. The van der Waals surface area contributed by atoms with Gasteiger partial charge in [-0.1, -0.05) is 23.4 Å². The first-order valence-corrected chi connectivity index (χ1v) is 9.14. The number of benzene rings is 1. The van der Waals surface area contributed by atoms with Gasteiger partial charge in [-0.2, -0.15) is 4.98 Å². The van der Waals surface area contributed by atoms with Gasteiger partial charge in [0.2, 0.25) is 5.91 Å². The van der Waals surface area contributed by atoms with Crippen LogP contribution in [0.1, 0.15) is 48.9 Å². The molecule has 1 aromatic carbocycles. The zero-order valence-corrected chi connectivity index (χ0v) is 14.6. The molecule has 1 saturated carbocycles. The summed E-state index contributed by atoms with van der Waals surface area (Å²) in [7, 11) is 0. The molecule has 2 aliphatic rings. The van der Waals surface area contributed by atoms with E-state index in [2.05, 4.69) is 10.1 Å². The van der Waals surface area contributed by atoms with Gasteiger partial charge >= 0.3 is 0 Å². The van der Waals surface area contributed by atoms with Crippen LogP contribution < -0.4 is 0 Å². The van der Waals surface area contributed by atoms with Gasteiger partial charge in [-0.3, -0.25) is 4.79 Å². The van der Waals surface area contributed by atoms with Crippen LogP contribution in [0.25, 0.3) is 0 Å². The van der Waals surface area contributed by atoms with Crippen LogP contribution in [-0.2, 0) is 22.6 Å². The molecule has 1 atom stereocenters. The number of piperidine rings is 1. The van der Waals surface area contributed by atoms with Crippen LogP contribution in [0.15, 0.2) is 28.8 Å². The van der Waals surface area contributed by atoms with E-state index in [0.717, 1.165) is 31.5 Å². The van der Waals surface area contributed by atoms with Gasteiger partial charge in [-0.05, 0) is 37.3 Å². The number of aromatic nitrogens is 2. The lowest BCUT2D eigenvalue weighted by Gasteiger charge is -2.32. The number of hydrogen-bond donors (Lipinski definition) is 0. The molecular weight excluding hydrogens is 337 g/mol. The fraction of sp³-hybridized carbons (Fsp3) is 0.526. The smallest absolute Gasteiger partial charge is 0.252 e. The van der Waals surface area contributed by atoms with Crippen LogP contribution in [0.5, 0.6) is 0 Å². The van der Waals surface area contributed by atoms with Gasteiger partial charge in [0.15, 0.2) is 5.82 Å². The van der Waals surface area contributed by atoms with E-state index in [1.54, 1.807) is 23.1 Å². The lowest BCUT2D eigenvalue weighted by molar-refractivity contribution is -0.135. The average molecular weight is 359 g/mol. The summed E-state index contributed by atoms with van der Waals surface area (Å²) in [6, 6.07) is 6.40. The molecule has 0 bridgehead atoms. The Bertz CT molecular complexity index is 775. The number of rotatable bonds is 6. The van der Waals surface area contributed by atoms with Crippen LogP contribution in [-0.4, -0.2) is 40.1 Å². The number of carbonyl (C=O) groups is 1. The Kier molecular flexibility index (Phi) is 4.97. The maximum absolute atomic E-state index is 13.7. The number of halogens is 1. The molecule has 1 aliphatic carbocycles. The highest BCUT2D eigenvalue weighted by Gasteiger charge is 2.29. The third kappa shape index (κ3) is 4.09. The minimum atomic E-state index is -0.339. The Morgan fingerprint density at radius 2 is 2.15 bits per heavy atom. The van der Waals surface area contributed by atoms with Crippen molar-refractivity contribution in [3.05, 3.63) is 47.4 Å². The van der Waals surface area contributed by atoms with E-state index in [1.165, 1.54) is 6.07 Å². The highest BCUT2D eigenvalue weighted by molar-refractivity contribution is 5.79. The molecule has 1 aromatic heterocycles. The maximum Gasteiger partial charge on any atom is 0.252 e. The van der Waals surface area contributed by atoms with E-state index in [1.807, 2.05) is 0 Å². The zero-order valence-electron chi connectivity index (χ0n) is 14.6. The molecule has 1 saturated heterocycles. The molecule has 6 nitrogen and oxygen atoms in total. The van der Waals surface area contributed by atoms with Gasteiger partial charge in [-0.25, -0.2) is 4.39 Å². The van der Waals surface area contributed by atoms with Crippen LogP contribution in [0, 0.1) is 5.82 Å². The largest absolute Gasteiger partial charge is 0.367 e. The molecule has 2 aromatic rings. The molecule has 1 aliphatic heterocycles. The van der Waals surface area contributed by atoms with E-state index >= 15 is 0 Å². The van der Waals surface area contributed by atoms with Crippen molar-refractivity contribution in [2.45, 2.75) is 50.7 Å². The van der Waals surface area contributed by atoms with Gasteiger partial charge in [0.1, 0.15) is 12.4 Å². The summed E-state index contributed by atoms with van der Waals surface area (Å²) in [5, 5.41) is 3.97. The highest BCUT2D eigenvalue weighted by atomic mass is 19.1. The fourth-order valence-electron chi connectivity index (χ4n) is 3.24. The number of nitrogens with zero attached hydrogens (tertiary/aromatic N) is 3. The molecule has 7 heteroatoms. The standard InChI is InChI=1S/C19H22FN3O3/c20-16-6-2-1-4-14(16)10-18(24)23-9-3-5-15(11-23)25-12-17-21-19(22-26-17)13-7-8-13/h1-2,4,6,13,15H,3,5,7-12H2/t15-/m0/s1. The van der Waals surface area contributed by atoms with E-state index < -0.39 is 0 Å². The number of carbonyl (C=O) groups excluding carboxylic acids is 1. The molecule has 4 rings (SSSR count). The van der Waals surface area contributed by atoms with Gasteiger partial charge in [-0.15, -0.1) is 0 Å². The Hall–Kier alpha value is -2.28. The molecule has 2 heterocycles. The summed E-state index contributed by atoms with van der Waals surface area (Å²) in [5.41, 5.74) is 0.430. The topological polar surface area (TPSA) is 68.5 Å². The van der Waals surface area contributed by atoms with Crippen molar-refractivity contribution in [1.82, 2.24) is 15.0 Å². The van der Waals surface area contributed by atoms with Crippen molar-refractivity contribution >= 4 is 5.91 Å². The quantitative estimate of drug-likeness (QED) is 0.793. The van der Waals surface area contributed by atoms with E-state index in [-0.39, 0.29) is 30.9 Å². The third-order valence-electron chi connectivity index (χ3n) is 4.90. The zero-order chi connectivity index (χ0) is 17.9. The summed E-state index contributed by atoms with van der Waals surface area (Å²) in [5.74, 6) is 1.30. The summed E-state index contributed by atoms with van der Waals surface area (Å²) >= 11 is 0. The fourth-order valence-corrected chi connectivity index (χ4v) is 3.24. The maximum atomic E-state index is 13.7. The van der Waals surface area contributed by atoms with Gasteiger partial charge in [0, 0.05) is 19.0 Å². The lowest BCUT2D eigenvalue weighted by Crippen LogP contribution is -2.43. The van der Waals surface area contributed by atoms with E-state index in [0.29, 0.717) is 30.5 Å². The van der Waals surface area contributed by atoms with Gasteiger partial charge in [0.25, 0.3) is 5.89 Å². The average Bonchev–Trinajstić information content (AvgIpc) is 3.40. The highest BCUT2D eigenvalue weighted by Crippen LogP contribution is 2.38. The molecule has 0 unspecified atom stereocenters. The van der Waals surface area contributed by atoms with Crippen molar-refractivity contribution in [1.29, 1.82) is 0 Å². The van der Waals surface area contributed by atoms with Crippen molar-refractivity contribution in [3.63, 3.8) is 0 Å². The van der Waals surface area contributed by atoms with Crippen molar-refractivity contribution < 1.29 is 18.4 Å². The van der Waals surface area contributed by atoms with E-state index in [9.17, 15) is 9.18 Å². The summed E-state index contributed by atoms with van der Waals surface area (Å²) < 4.78 is 24.8. The lowest BCUT2D eigenvalue weighted by atomic mass is 10.1. The molecule has 26 heavy (non-hydrogen) atoms. The second-order valence-corrected chi connectivity index (χ2v) is 7.00. The van der Waals surface area contributed by atoms with Crippen LogP contribution in [0.2, 0.25) is 0 Å². The Morgan fingerprint density at radius 1 is 1.31 bits per heavy atom.